The van der Waals surface area contributed by atoms with Gasteiger partial charge in [0.1, 0.15) is 5.82 Å². The topological polar surface area (TPSA) is 38.7 Å². The lowest BCUT2D eigenvalue weighted by atomic mass is 10.1. The molecule has 106 valence electrons. The van der Waals surface area contributed by atoms with E-state index in [0.717, 1.165) is 37.0 Å². The number of aromatic nitrogens is 3. The number of hydrogen-bond acceptors (Lipinski definition) is 3. The lowest BCUT2D eigenvalue weighted by Gasteiger charge is -2.05. The number of aryl methyl sites for hydroxylation is 3. The number of benzene rings is 1. The van der Waals surface area contributed by atoms with E-state index in [2.05, 4.69) is 47.2 Å². The van der Waals surface area contributed by atoms with Crippen LogP contribution in [-0.4, -0.2) is 15.0 Å². The zero-order chi connectivity index (χ0) is 14.5. The largest absolute Gasteiger partial charge is 0.253 e. The average molecular weight is 277 g/mol. The summed E-state index contributed by atoms with van der Waals surface area (Å²) >= 11 is 0. The molecule has 0 aliphatic rings. The quantitative estimate of drug-likeness (QED) is 0.712. The van der Waals surface area contributed by atoms with Crippen LogP contribution >= 0.6 is 0 Å². The molecule has 3 heteroatoms. The predicted molar refractivity (Wildman–Crippen MR) is 85.2 cm³/mol. The summed E-state index contributed by atoms with van der Waals surface area (Å²) in [6.07, 6.45) is 7.56. The van der Waals surface area contributed by atoms with E-state index >= 15 is 0 Å². The minimum Gasteiger partial charge on any atom is -0.253 e. The van der Waals surface area contributed by atoms with Crippen LogP contribution in [0.2, 0.25) is 0 Å². The Morgan fingerprint density at radius 3 is 2.52 bits per heavy atom. The maximum atomic E-state index is 4.75. The van der Waals surface area contributed by atoms with Crippen LogP contribution in [0, 0.1) is 0 Å². The smallest absolute Gasteiger partial charge is 0.128 e. The highest BCUT2D eigenvalue weighted by molar-refractivity contribution is 5.79. The molecule has 0 radical (unpaired) electrons. The zero-order valence-electron chi connectivity index (χ0n) is 12.3. The van der Waals surface area contributed by atoms with Crippen LogP contribution in [0.3, 0.4) is 0 Å². The first kappa shape index (κ1) is 13.7. The number of fused-ring (bicyclic) bond motifs is 1. The van der Waals surface area contributed by atoms with E-state index in [1.54, 1.807) is 12.4 Å². The first-order chi connectivity index (χ1) is 10.3. The summed E-state index contributed by atoms with van der Waals surface area (Å²) in [6.45, 7) is 2.18. The Labute approximate surface area is 125 Å². The molecule has 1 aromatic carbocycles. The summed E-state index contributed by atoms with van der Waals surface area (Å²) < 4.78 is 0. The van der Waals surface area contributed by atoms with Crippen molar-refractivity contribution in [2.75, 3.05) is 0 Å². The molecule has 0 fully saturated rings. The Bertz CT molecular complexity index is 723. The number of rotatable bonds is 5. The van der Waals surface area contributed by atoms with Crippen LogP contribution in [0.15, 0.2) is 48.8 Å². The van der Waals surface area contributed by atoms with E-state index < -0.39 is 0 Å². The molecule has 0 N–H and O–H groups in total. The van der Waals surface area contributed by atoms with Gasteiger partial charge in [0.2, 0.25) is 0 Å². The van der Waals surface area contributed by atoms with E-state index in [1.165, 1.54) is 16.6 Å². The van der Waals surface area contributed by atoms with Gasteiger partial charge in [-0.3, -0.25) is 4.98 Å². The number of nitrogens with zero attached hydrogens (tertiary/aromatic N) is 3. The van der Waals surface area contributed by atoms with Crippen molar-refractivity contribution in [3.63, 3.8) is 0 Å². The summed E-state index contributed by atoms with van der Waals surface area (Å²) in [4.78, 5) is 13.3. The van der Waals surface area contributed by atoms with Gasteiger partial charge in [0.05, 0.1) is 5.52 Å². The molecule has 0 aliphatic heterocycles. The SMILES string of the molecule is CCCc1ccc2ccc(CCc3ncccn3)cc2n1. The molecule has 0 aliphatic carbocycles. The van der Waals surface area contributed by atoms with Gasteiger partial charge >= 0.3 is 0 Å². The van der Waals surface area contributed by atoms with Crippen LogP contribution < -0.4 is 0 Å². The average Bonchev–Trinajstić information content (AvgIpc) is 2.54. The van der Waals surface area contributed by atoms with Crippen LogP contribution in [0.5, 0.6) is 0 Å². The van der Waals surface area contributed by atoms with Crippen LogP contribution in [0.1, 0.15) is 30.4 Å². The van der Waals surface area contributed by atoms with Gasteiger partial charge in [-0.15, -0.1) is 0 Å². The van der Waals surface area contributed by atoms with Crippen molar-refractivity contribution in [3.8, 4) is 0 Å². The number of pyridine rings is 1. The zero-order valence-corrected chi connectivity index (χ0v) is 12.3. The summed E-state index contributed by atoms with van der Waals surface area (Å²) in [7, 11) is 0. The van der Waals surface area contributed by atoms with Gasteiger partial charge in [-0.25, -0.2) is 9.97 Å². The molecule has 0 spiro atoms. The van der Waals surface area contributed by atoms with Gasteiger partial charge in [-0.1, -0.05) is 31.5 Å². The predicted octanol–water partition coefficient (Wildman–Crippen LogP) is 3.76. The Morgan fingerprint density at radius 2 is 1.71 bits per heavy atom. The third-order valence-corrected chi connectivity index (χ3v) is 3.58. The minimum atomic E-state index is 0.862. The molecule has 0 saturated carbocycles. The third kappa shape index (κ3) is 3.43. The van der Waals surface area contributed by atoms with Crippen LogP contribution in [0.4, 0.5) is 0 Å². The summed E-state index contributed by atoms with van der Waals surface area (Å²) in [6, 6.07) is 12.7. The van der Waals surface area contributed by atoms with Crippen molar-refractivity contribution in [1.29, 1.82) is 0 Å². The lowest BCUT2D eigenvalue weighted by Crippen LogP contribution is -1.97. The molecule has 2 aromatic heterocycles. The van der Waals surface area contributed by atoms with Gasteiger partial charge in [-0.05, 0) is 36.6 Å². The Morgan fingerprint density at radius 1 is 0.905 bits per heavy atom. The highest BCUT2D eigenvalue weighted by atomic mass is 14.8. The molecule has 3 rings (SSSR count). The Kier molecular flexibility index (Phi) is 4.20. The van der Waals surface area contributed by atoms with Crippen molar-refractivity contribution in [2.24, 2.45) is 0 Å². The first-order valence-corrected chi connectivity index (χ1v) is 7.49. The second kappa shape index (κ2) is 6.44. The van der Waals surface area contributed by atoms with E-state index in [-0.39, 0.29) is 0 Å². The van der Waals surface area contributed by atoms with Crippen molar-refractivity contribution in [2.45, 2.75) is 32.6 Å². The van der Waals surface area contributed by atoms with E-state index in [4.69, 9.17) is 4.98 Å². The molecule has 21 heavy (non-hydrogen) atoms. The van der Waals surface area contributed by atoms with E-state index in [1.807, 2.05) is 6.07 Å². The second-order valence-electron chi connectivity index (χ2n) is 5.24. The summed E-state index contributed by atoms with van der Waals surface area (Å²) in [5, 5.41) is 1.20. The Balaban J connectivity index is 1.79. The van der Waals surface area contributed by atoms with Gasteiger partial charge in [0.15, 0.2) is 0 Å². The van der Waals surface area contributed by atoms with Gasteiger partial charge in [0.25, 0.3) is 0 Å². The van der Waals surface area contributed by atoms with E-state index in [9.17, 15) is 0 Å². The van der Waals surface area contributed by atoms with Gasteiger partial charge in [0, 0.05) is 29.9 Å². The van der Waals surface area contributed by atoms with Crippen molar-refractivity contribution in [1.82, 2.24) is 15.0 Å². The fraction of sp³-hybridized carbons (Fsp3) is 0.278. The normalized spacial score (nSPS) is 10.9. The standard InChI is InChI=1S/C18H19N3/c1-2-4-16-9-8-15-7-5-14(13-17(15)21-16)6-10-18-19-11-3-12-20-18/h3,5,7-9,11-13H,2,4,6,10H2,1H3. The summed E-state index contributed by atoms with van der Waals surface area (Å²) in [5.41, 5.74) is 3.55. The van der Waals surface area contributed by atoms with Crippen LogP contribution in [-0.2, 0) is 19.3 Å². The van der Waals surface area contributed by atoms with Gasteiger partial charge < -0.3 is 0 Å². The first-order valence-electron chi connectivity index (χ1n) is 7.49. The van der Waals surface area contributed by atoms with Crippen molar-refractivity contribution < 1.29 is 0 Å². The highest BCUT2D eigenvalue weighted by Crippen LogP contribution is 2.16. The molecule has 3 aromatic rings. The third-order valence-electron chi connectivity index (χ3n) is 3.58. The molecule has 0 unspecified atom stereocenters. The fourth-order valence-electron chi connectivity index (χ4n) is 2.47. The maximum Gasteiger partial charge on any atom is 0.128 e. The molecular weight excluding hydrogens is 258 g/mol. The van der Waals surface area contributed by atoms with Crippen molar-refractivity contribution >= 4 is 10.9 Å². The highest BCUT2D eigenvalue weighted by Gasteiger charge is 2.02. The molecular formula is C18H19N3. The monoisotopic (exact) mass is 277 g/mol. The second-order valence-corrected chi connectivity index (χ2v) is 5.24. The van der Waals surface area contributed by atoms with E-state index in [0.29, 0.717) is 0 Å². The molecule has 2 heterocycles. The minimum absolute atomic E-state index is 0.862. The fourth-order valence-corrected chi connectivity index (χ4v) is 2.47. The molecule has 3 nitrogen and oxygen atoms in total. The van der Waals surface area contributed by atoms with Gasteiger partial charge in [-0.2, -0.15) is 0 Å². The maximum absolute atomic E-state index is 4.75. The molecule has 0 bridgehead atoms. The Hall–Kier alpha value is -2.29. The molecule has 0 atom stereocenters. The van der Waals surface area contributed by atoms with Crippen molar-refractivity contribution in [3.05, 3.63) is 65.9 Å². The molecule has 0 saturated heterocycles. The lowest BCUT2D eigenvalue weighted by molar-refractivity contribution is 0.857. The summed E-state index contributed by atoms with van der Waals surface area (Å²) in [5.74, 6) is 0.894. The van der Waals surface area contributed by atoms with Crippen LogP contribution in [0.25, 0.3) is 10.9 Å². The number of hydrogen-bond donors (Lipinski definition) is 0. The molecule has 0 amide bonds.